The molecular weight excluding hydrogens is 358 g/mol. The third-order valence-electron chi connectivity index (χ3n) is 5.68. The highest BCUT2D eigenvalue weighted by Gasteiger charge is 2.54. The minimum atomic E-state index is -0.581. The van der Waals surface area contributed by atoms with Crippen molar-refractivity contribution in [2.45, 2.75) is 39.4 Å². The van der Waals surface area contributed by atoms with Crippen molar-refractivity contribution >= 4 is 23.6 Å². The topological polar surface area (TPSA) is 79.7 Å². The fraction of sp³-hybridized carbons (Fsp3) is 0.450. The lowest BCUT2D eigenvalue weighted by Gasteiger charge is -2.40. The maximum absolute atomic E-state index is 13.1. The Balaban J connectivity index is 1.70. The molecule has 0 bridgehead atoms. The van der Waals surface area contributed by atoms with Crippen LogP contribution in [0.15, 0.2) is 35.1 Å². The molecule has 3 aliphatic rings. The number of aliphatic imine (C=N–C) groups is 1. The van der Waals surface area contributed by atoms with Gasteiger partial charge in [-0.1, -0.05) is 6.07 Å². The molecule has 2 unspecified atom stereocenters. The van der Waals surface area contributed by atoms with Crippen LogP contribution in [0.2, 0.25) is 0 Å². The Morgan fingerprint density at radius 2 is 1.89 bits per heavy atom. The molecule has 1 aromatic carbocycles. The van der Waals surface area contributed by atoms with Crippen LogP contribution in [-0.4, -0.2) is 70.1 Å². The number of imide groups is 1. The van der Waals surface area contributed by atoms with Gasteiger partial charge >= 0.3 is 6.03 Å². The standard InChI is InChI=1S/C20H25N5O3/c1-12-6-7-15(10-13(12)2)25-14(3)11-24-16-17(21-19(24)25)22(4)20(28)23(18(16)27)8-5-9-26/h6-7,10-11,16-17,26H,5,8-9H2,1-4H3. The van der Waals surface area contributed by atoms with Crippen molar-refractivity contribution in [3.8, 4) is 0 Å². The highest BCUT2D eigenvalue weighted by molar-refractivity contribution is 6.09. The predicted molar refractivity (Wildman–Crippen MR) is 106 cm³/mol. The van der Waals surface area contributed by atoms with E-state index in [1.807, 2.05) is 29.0 Å². The predicted octanol–water partition coefficient (Wildman–Crippen LogP) is 1.63. The number of aliphatic hydroxyl groups is 1. The summed E-state index contributed by atoms with van der Waals surface area (Å²) in [6.07, 6.45) is 1.73. The number of carbonyl (C=O) groups is 2. The highest BCUT2D eigenvalue weighted by Crippen LogP contribution is 2.36. The molecule has 1 aromatic rings. The van der Waals surface area contributed by atoms with Gasteiger partial charge in [-0.25, -0.2) is 9.79 Å². The zero-order chi connectivity index (χ0) is 20.2. The lowest BCUT2D eigenvalue weighted by molar-refractivity contribution is -0.136. The monoisotopic (exact) mass is 383 g/mol. The summed E-state index contributed by atoms with van der Waals surface area (Å²) in [5, 5.41) is 9.10. The van der Waals surface area contributed by atoms with Gasteiger partial charge in [0.2, 0.25) is 5.96 Å². The van der Waals surface area contributed by atoms with E-state index in [0.717, 1.165) is 11.4 Å². The van der Waals surface area contributed by atoms with Crippen molar-refractivity contribution in [2.75, 3.05) is 25.1 Å². The fourth-order valence-corrected chi connectivity index (χ4v) is 3.97. The number of hydrogen-bond donors (Lipinski definition) is 1. The van der Waals surface area contributed by atoms with Gasteiger partial charge in [0.25, 0.3) is 5.91 Å². The van der Waals surface area contributed by atoms with Crippen LogP contribution >= 0.6 is 0 Å². The number of likely N-dealkylation sites (N-methyl/N-ethyl adjacent to an activating group) is 1. The van der Waals surface area contributed by atoms with Crippen molar-refractivity contribution < 1.29 is 14.7 Å². The average Bonchev–Trinajstić information content (AvgIpc) is 3.17. The average molecular weight is 383 g/mol. The molecule has 3 aliphatic heterocycles. The lowest BCUT2D eigenvalue weighted by Crippen LogP contribution is -2.64. The molecule has 1 N–H and O–H groups in total. The largest absolute Gasteiger partial charge is 0.396 e. The molecule has 1 fully saturated rings. The number of urea groups is 1. The molecule has 0 spiro atoms. The summed E-state index contributed by atoms with van der Waals surface area (Å²) in [5.41, 5.74) is 4.34. The van der Waals surface area contributed by atoms with E-state index in [4.69, 9.17) is 10.1 Å². The molecule has 3 heterocycles. The molecule has 0 aliphatic carbocycles. The second-order valence-electron chi connectivity index (χ2n) is 7.53. The van der Waals surface area contributed by atoms with E-state index in [9.17, 15) is 9.59 Å². The van der Waals surface area contributed by atoms with Crippen molar-refractivity contribution in [2.24, 2.45) is 4.99 Å². The van der Waals surface area contributed by atoms with Gasteiger partial charge in [-0.2, -0.15) is 0 Å². The van der Waals surface area contributed by atoms with E-state index in [0.29, 0.717) is 12.4 Å². The van der Waals surface area contributed by atoms with Gasteiger partial charge in [0.15, 0.2) is 12.2 Å². The molecule has 1 saturated heterocycles. The minimum Gasteiger partial charge on any atom is -0.396 e. The van der Waals surface area contributed by atoms with Crippen molar-refractivity contribution in [3.63, 3.8) is 0 Å². The summed E-state index contributed by atoms with van der Waals surface area (Å²) in [5.74, 6) is 0.388. The second-order valence-corrected chi connectivity index (χ2v) is 7.53. The van der Waals surface area contributed by atoms with Gasteiger partial charge in [0.1, 0.15) is 0 Å². The van der Waals surface area contributed by atoms with E-state index in [1.54, 1.807) is 7.05 Å². The number of carbonyl (C=O) groups excluding carboxylic acids is 2. The number of allylic oxidation sites excluding steroid dienone is 1. The number of guanidine groups is 1. The van der Waals surface area contributed by atoms with Crippen LogP contribution in [0.5, 0.6) is 0 Å². The number of rotatable bonds is 4. The minimum absolute atomic E-state index is 0.0695. The van der Waals surface area contributed by atoms with Crippen LogP contribution in [0.4, 0.5) is 10.5 Å². The van der Waals surface area contributed by atoms with Crippen LogP contribution in [-0.2, 0) is 4.79 Å². The van der Waals surface area contributed by atoms with Crippen molar-refractivity contribution in [3.05, 3.63) is 41.2 Å². The van der Waals surface area contributed by atoms with Crippen LogP contribution < -0.4 is 4.90 Å². The van der Waals surface area contributed by atoms with E-state index < -0.39 is 12.2 Å². The summed E-state index contributed by atoms with van der Waals surface area (Å²) in [4.78, 5) is 37.1. The van der Waals surface area contributed by atoms with Gasteiger partial charge in [-0.3, -0.25) is 14.6 Å². The van der Waals surface area contributed by atoms with E-state index in [2.05, 4.69) is 26.0 Å². The second kappa shape index (κ2) is 6.63. The molecule has 3 amide bonds. The van der Waals surface area contributed by atoms with Gasteiger partial charge in [0.05, 0.1) is 0 Å². The smallest absolute Gasteiger partial charge is 0.328 e. The molecule has 8 nitrogen and oxygen atoms in total. The Morgan fingerprint density at radius 1 is 1.14 bits per heavy atom. The number of amides is 3. The van der Waals surface area contributed by atoms with Gasteiger partial charge in [-0.15, -0.1) is 0 Å². The maximum atomic E-state index is 13.1. The number of benzene rings is 1. The van der Waals surface area contributed by atoms with Gasteiger partial charge < -0.3 is 14.9 Å². The van der Waals surface area contributed by atoms with Crippen molar-refractivity contribution in [1.82, 2.24) is 14.7 Å². The lowest BCUT2D eigenvalue weighted by atomic mass is 10.1. The Labute approximate surface area is 164 Å². The number of fused-ring (bicyclic) bond motifs is 3. The summed E-state index contributed by atoms with van der Waals surface area (Å²) in [7, 11) is 1.67. The fourth-order valence-electron chi connectivity index (χ4n) is 3.97. The first kappa shape index (κ1) is 18.5. The quantitative estimate of drug-likeness (QED) is 0.855. The summed E-state index contributed by atoms with van der Waals surface area (Å²) in [6, 6.07) is 5.26. The molecule has 28 heavy (non-hydrogen) atoms. The van der Waals surface area contributed by atoms with E-state index in [-0.39, 0.29) is 25.1 Å². The SMILES string of the molecule is CC1=CN2C(=NC3C2C(=O)N(CCCO)C(=O)N3C)N1c1ccc(C)c(C)c1. The normalized spacial score (nSPS) is 23.9. The number of nitrogens with zero attached hydrogens (tertiary/aromatic N) is 5. The third kappa shape index (κ3) is 2.59. The number of aryl methyl sites for hydroxylation is 2. The molecule has 0 radical (unpaired) electrons. The molecule has 148 valence electrons. The maximum Gasteiger partial charge on any atom is 0.328 e. The van der Waals surface area contributed by atoms with Gasteiger partial charge in [-0.05, 0) is 50.5 Å². The Hall–Kier alpha value is -2.87. The molecule has 2 atom stereocenters. The van der Waals surface area contributed by atoms with Crippen molar-refractivity contribution in [1.29, 1.82) is 0 Å². The first-order valence-corrected chi connectivity index (χ1v) is 9.46. The van der Waals surface area contributed by atoms with Crippen LogP contribution in [0.3, 0.4) is 0 Å². The van der Waals surface area contributed by atoms with Crippen LogP contribution in [0.1, 0.15) is 24.5 Å². The van der Waals surface area contributed by atoms with Crippen LogP contribution in [0.25, 0.3) is 0 Å². The molecular formula is C20H25N5O3. The summed E-state index contributed by atoms with van der Waals surface area (Å²) >= 11 is 0. The first-order chi connectivity index (χ1) is 13.3. The van der Waals surface area contributed by atoms with Crippen LogP contribution in [0, 0.1) is 13.8 Å². The molecule has 4 rings (SSSR count). The van der Waals surface area contributed by atoms with Gasteiger partial charge in [0, 0.05) is 37.8 Å². The first-order valence-electron chi connectivity index (χ1n) is 9.46. The Bertz CT molecular complexity index is 909. The van der Waals surface area contributed by atoms with E-state index in [1.165, 1.54) is 20.9 Å². The zero-order valence-electron chi connectivity index (χ0n) is 16.6. The Kier molecular flexibility index (Phi) is 4.38. The molecule has 8 heteroatoms. The molecule has 0 aromatic heterocycles. The highest BCUT2D eigenvalue weighted by atomic mass is 16.3. The number of aliphatic hydroxyl groups excluding tert-OH is 1. The molecule has 0 saturated carbocycles. The van der Waals surface area contributed by atoms with E-state index >= 15 is 0 Å². The number of anilines is 1. The summed E-state index contributed by atoms with van der Waals surface area (Å²) in [6.45, 7) is 6.25. The number of hydrogen-bond acceptors (Lipinski definition) is 6. The third-order valence-corrected chi connectivity index (χ3v) is 5.68. The summed E-state index contributed by atoms with van der Waals surface area (Å²) < 4.78 is 0. The Morgan fingerprint density at radius 3 is 2.57 bits per heavy atom. The zero-order valence-corrected chi connectivity index (χ0v) is 16.6.